The van der Waals surface area contributed by atoms with Crippen LogP contribution < -0.4 is 0 Å². The van der Waals surface area contributed by atoms with Crippen molar-refractivity contribution in [3.05, 3.63) is 78.6 Å². The van der Waals surface area contributed by atoms with Crippen LogP contribution in [0.3, 0.4) is 0 Å². The van der Waals surface area contributed by atoms with Gasteiger partial charge in [0.2, 0.25) is 0 Å². The highest BCUT2D eigenvalue weighted by Gasteiger charge is 2.34. The van der Waals surface area contributed by atoms with E-state index in [1.165, 1.54) is 49.3 Å². The molecule has 0 spiro atoms. The maximum Gasteiger partial charge on any atom is 0.0991 e. The van der Waals surface area contributed by atoms with Crippen LogP contribution in [-0.2, 0) is 13.1 Å². The molecule has 0 amide bonds. The third kappa shape index (κ3) is 3.86. The third-order valence-electron chi connectivity index (χ3n) is 6.18. The van der Waals surface area contributed by atoms with Gasteiger partial charge in [0.15, 0.2) is 0 Å². The highest BCUT2D eigenvalue weighted by Crippen LogP contribution is 2.30. The molecule has 28 heavy (non-hydrogen) atoms. The second-order valence-electron chi connectivity index (χ2n) is 8.21. The van der Waals surface area contributed by atoms with E-state index in [1.54, 1.807) is 0 Å². The summed E-state index contributed by atoms with van der Waals surface area (Å²) in [5.74, 6) is 0.783. The Labute approximate surface area is 166 Å². The minimum Gasteiger partial charge on any atom is -0.306 e. The molecule has 0 unspecified atom stereocenters. The van der Waals surface area contributed by atoms with Crippen molar-refractivity contribution in [2.24, 2.45) is 5.92 Å². The van der Waals surface area contributed by atoms with Gasteiger partial charge in [0.05, 0.1) is 6.33 Å². The molecule has 0 aliphatic carbocycles. The van der Waals surface area contributed by atoms with Gasteiger partial charge in [-0.25, -0.2) is 4.98 Å². The fourth-order valence-electron chi connectivity index (χ4n) is 4.77. The second kappa shape index (κ2) is 7.86. The quantitative estimate of drug-likeness (QED) is 0.687. The van der Waals surface area contributed by atoms with Crippen LogP contribution in [0.4, 0.5) is 0 Å². The summed E-state index contributed by atoms with van der Waals surface area (Å²) in [6, 6.07) is 13.9. The molecule has 5 heterocycles. The normalized spacial score (nSPS) is 23.0. The van der Waals surface area contributed by atoms with E-state index in [1.807, 2.05) is 31.1 Å². The van der Waals surface area contributed by atoms with Gasteiger partial charge in [0, 0.05) is 69.2 Å². The standard InChI is InChI=1S/C23H27N5/c1-4-22(27-12-11-25-18-27)5-2-19(1)15-28-16-21-3-6-23(28)17-26(14-21)13-20-7-9-24-10-8-20/h1-2,4-5,7-12,18,21,23H,3,6,13-17H2/t21-,23+/m0/s1. The molecule has 144 valence electrons. The predicted octanol–water partition coefficient (Wildman–Crippen LogP) is 3.36. The first-order valence-corrected chi connectivity index (χ1v) is 10.3. The SMILES string of the molecule is c1cc(CN2C[C@@H]3CC[C@H](C2)N(Cc2ccc(-n4ccnc4)cc2)C3)ccn1. The smallest absolute Gasteiger partial charge is 0.0991 e. The highest BCUT2D eigenvalue weighted by molar-refractivity contribution is 5.34. The summed E-state index contributed by atoms with van der Waals surface area (Å²) in [5, 5.41) is 0. The largest absolute Gasteiger partial charge is 0.306 e. The molecule has 2 atom stereocenters. The molecule has 1 aromatic carbocycles. The lowest BCUT2D eigenvalue weighted by atomic mass is 9.94. The molecule has 0 N–H and O–H groups in total. The Hall–Kier alpha value is -2.50. The topological polar surface area (TPSA) is 37.2 Å². The zero-order valence-corrected chi connectivity index (χ0v) is 16.2. The van der Waals surface area contributed by atoms with E-state index in [9.17, 15) is 0 Å². The first-order valence-electron chi connectivity index (χ1n) is 10.3. The van der Waals surface area contributed by atoms with E-state index < -0.39 is 0 Å². The zero-order valence-electron chi connectivity index (χ0n) is 16.2. The van der Waals surface area contributed by atoms with E-state index in [2.05, 4.69) is 60.7 Å². The zero-order chi connectivity index (χ0) is 18.8. The van der Waals surface area contributed by atoms with Crippen molar-refractivity contribution in [2.45, 2.75) is 32.0 Å². The number of rotatable bonds is 5. The Morgan fingerprint density at radius 2 is 1.61 bits per heavy atom. The number of fused-ring (bicyclic) bond motifs is 4. The highest BCUT2D eigenvalue weighted by atomic mass is 15.3. The molecule has 0 radical (unpaired) electrons. The molecule has 0 saturated carbocycles. The molecule has 3 aromatic rings. The lowest BCUT2D eigenvalue weighted by molar-refractivity contribution is 0.123. The fraction of sp³-hybridized carbons (Fsp3) is 0.391. The Balaban J connectivity index is 1.25. The van der Waals surface area contributed by atoms with Crippen molar-refractivity contribution in [1.29, 1.82) is 0 Å². The maximum atomic E-state index is 4.15. The van der Waals surface area contributed by atoms with Crippen LogP contribution in [-0.4, -0.2) is 50.0 Å². The van der Waals surface area contributed by atoms with Crippen LogP contribution in [0.15, 0.2) is 67.5 Å². The lowest BCUT2D eigenvalue weighted by Gasteiger charge is -2.36. The van der Waals surface area contributed by atoms with Gasteiger partial charge in [0.1, 0.15) is 0 Å². The van der Waals surface area contributed by atoms with Crippen LogP contribution in [0.25, 0.3) is 5.69 Å². The van der Waals surface area contributed by atoms with E-state index in [-0.39, 0.29) is 0 Å². The number of aromatic nitrogens is 3. The number of nitrogens with zero attached hydrogens (tertiary/aromatic N) is 5. The monoisotopic (exact) mass is 373 g/mol. The molecule has 6 rings (SSSR count). The number of imidazole rings is 1. The molecule has 3 fully saturated rings. The molecule has 5 heteroatoms. The summed E-state index contributed by atoms with van der Waals surface area (Å²) in [7, 11) is 0. The Morgan fingerprint density at radius 1 is 0.786 bits per heavy atom. The number of pyridine rings is 1. The molecular weight excluding hydrogens is 346 g/mol. The van der Waals surface area contributed by atoms with Crippen molar-refractivity contribution in [1.82, 2.24) is 24.3 Å². The summed E-state index contributed by atoms with van der Waals surface area (Å²) in [4.78, 5) is 13.7. The molecular formula is C23H27N5. The minimum absolute atomic E-state index is 0.661. The van der Waals surface area contributed by atoms with Crippen LogP contribution in [0.5, 0.6) is 0 Å². The van der Waals surface area contributed by atoms with Crippen molar-refractivity contribution in [2.75, 3.05) is 19.6 Å². The van der Waals surface area contributed by atoms with Crippen molar-refractivity contribution in [3.63, 3.8) is 0 Å². The third-order valence-corrected chi connectivity index (χ3v) is 6.18. The maximum absolute atomic E-state index is 4.15. The van der Waals surface area contributed by atoms with E-state index in [0.29, 0.717) is 6.04 Å². The van der Waals surface area contributed by atoms with Gasteiger partial charge >= 0.3 is 0 Å². The number of hydrogen-bond acceptors (Lipinski definition) is 4. The van der Waals surface area contributed by atoms with Crippen LogP contribution in [0.2, 0.25) is 0 Å². The first-order chi connectivity index (χ1) is 13.8. The van der Waals surface area contributed by atoms with Gasteiger partial charge in [-0.15, -0.1) is 0 Å². The van der Waals surface area contributed by atoms with E-state index in [0.717, 1.165) is 19.0 Å². The predicted molar refractivity (Wildman–Crippen MR) is 110 cm³/mol. The Kier molecular flexibility index (Phi) is 4.93. The summed E-state index contributed by atoms with van der Waals surface area (Å²) in [5.41, 5.74) is 3.94. The van der Waals surface area contributed by atoms with E-state index in [4.69, 9.17) is 0 Å². The van der Waals surface area contributed by atoms with Gasteiger partial charge in [-0.05, 0) is 54.2 Å². The summed E-state index contributed by atoms with van der Waals surface area (Å²) >= 11 is 0. The lowest BCUT2D eigenvalue weighted by Crippen LogP contribution is -2.43. The van der Waals surface area contributed by atoms with Gasteiger partial charge in [-0.3, -0.25) is 14.8 Å². The average Bonchev–Trinajstić information content (AvgIpc) is 3.13. The Morgan fingerprint density at radius 3 is 2.39 bits per heavy atom. The van der Waals surface area contributed by atoms with Gasteiger partial charge in [-0.1, -0.05) is 12.1 Å². The van der Waals surface area contributed by atoms with Crippen molar-refractivity contribution in [3.8, 4) is 5.69 Å². The van der Waals surface area contributed by atoms with Crippen molar-refractivity contribution >= 4 is 0 Å². The number of benzene rings is 1. The molecule has 2 bridgehead atoms. The molecule has 3 aliphatic heterocycles. The van der Waals surface area contributed by atoms with Crippen LogP contribution in [0.1, 0.15) is 24.0 Å². The number of piperidine rings is 1. The summed E-state index contributed by atoms with van der Waals surface area (Å²) in [6.07, 6.45) is 12.2. The number of hydrogen-bond donors (Lipinski definition) is 0. The summed E-state index contributed by atoms with van der Waals surface area (Å²) < 4.78 is 2.05. The Bertz CT molecular complexity index is 875. The van der Waals surface area contributed by atoms with E-state index >= 15 is 0 Å². The molecule has 3 aliphatic rings. The van der Waals surface area contributed by atoms with Gasteiger partial charge < -0.3 is 4.57 Å². The summed E-state index contributed by atoms with van der Waals surface area (Å²) in [6.45, 7) is 5.71. The van der Waals surface area contributed by atoms with Crippen LogP contribution in [0, 0.1) is 5.92 Å². The van der Waals surface area contributed by atoms with Crippen LogP contribution >= 0.6 is 0 Å². The van der Waals surface area contributed by atoms with Crippen molar-refractivity contribution < 1.29 is 0 Å². The average molecular weight is 374 g/mol. The fourth-order valence-corrected chi connectivity index (χ4v) is 4.77. The second-order valence-corrected chi connectivity index (χ2v) is 8.21. The molecule has 3 saturated heterocycles. The van der Waals surface area contributed by atoms with Gasteiger partial charge in [0.25, 0.3) is 0 Å². The van der Waals surface area contributed by atoms with Gasteiger partial charge in [-0.2, -0.15) is 0 Å². The first kappa shape index (κ1) is 17.6. The minimum atomic E-state index is 0.661. The molecule has 2 aromatic heterocycles. The molecule has 5 nitrogen and oxygen atoms in total.